The zero-order chi connectivity index (χ0) is 18.0. The molecule has 0 atom stereocenters. The van der Waals surface area contributed by atoms with Gasteiger partial charge in [0.2, 0.25) is 5.88 Å². The van der Waals surface area contributed by atoms with Crippen molar-refractivity contribution in [2.75, 3.05) is 13.1 Å². The van der Waals surface area contributed by atoms with Crippen molar-refractivity contribution in [2.24, 2.45) is 0 Å². The van der Waals surface area contributed by atoms with Crippen LogP contribution in [0.15, 0.2) is 24.4 Å². The summed E-state index contributed by atoms with van der Waals surface area (Å²) in [5.41, 5.74) is 1.35. The molecule has 25 heavy (non-hydrogen) atoms. The van der Waals surface area contributed by atoms with Gasteiger partial charge in [-0.05, 0) is 19.1 Å². The zero-order valence-corrected chi connectivity index (χ0v) is 14.5. The Morgan fingerprint density at radius 3 is 2.80 bits per heavy atom. The Labute approximate surface area is 149 Å². The van der Waals surface area contributed by atoms with Crippen molar-refractivity contribution < 1.29 is 19.0 Å². The number of likely N-dealkylation sites (tertiary alicyclic amines) is 1. The fourth-order valence-corrected chi connectivity index (χ4v) is 3.01. The Balaban J connectivity index is 1.64. The van der Waals surface area contributed by atoms with Gasteiger partial charge in [0, 0.05) is 48.3 Å². The van der Waals surface area contributed by atoms with Crippen LogP contribution in [0, 0.1) is 12.7 Å². The van der Waals surface area contributed by atoms with E-state index in [-0.39, 0.29) is 18.5 Å². The summed E-state index contributed by atoms with van der Waals surface area (Å²) in [6.07, 6.45) is 2.10. The Kier molecular flexibility index (Phi) is 5.13. The molecule has 134 valence electrons. The maximum Gasteiger partial charge on any atom is 0.407 e. The smallest absolute Gasteiger partial charge is 0.407 e. The van der Waals surface area contributed by atoms with Crippen LogP contribution in [-0.4, -0.2) is 45.1 Å². The third-order valence-electron chi connectivity index (χ3n) is 4.24. The van der Waals surface area contributed by atoms with Gasteiger partial charge in [-0.1, -0.05) is 17.7 Å². The number of amides is 1. The van der Waals surface area contributed by atoms with E-state index < -0.39 is 6.09 Å². The molecule has 6 nitrogen and oxygen atoms in total. The van der Waals surface area contributed by atoms with E-state index in [2.05, 4.69) is 5.10 Å². The molecule has 1 N–H and O–H groups in total. The van der Waals surface area contributed by atoms with Crippen LogP contribution < -0.4 is 4.74 Å². The van der Waals surface area contributed by atoms with Gasteiger partial charge in [0.1, 0.15) is 11.9 Å². The fourth-order valence-electron chi connectivity index (χ4n) is 2.85. The summed E-state index contributed by atoms with van der Waals surface area (Å²) in [5, 5.41) is 13.7. The normalized spacial score (nSPS) is 15.4. The van der Waals surface area contributed by atoms with Crippen molar-refractivity contribution >= 4 is 17.7 Å². The maximum atomic E-state index is 13.9. The van der Waals surface area contributed by atoms with Crippen LogP contribution in [0.4, 0.5) is 9.18 Å². The van der Waals surface area contributed by atoms with E-state index in [9.17, 15) is 9.18 Å². The van der Waals surface area contributed by atoms with E-state index in [1.165, 1.54) is 11.0 Å². The van der Waals surface area contributed by atoms with Crippen LogP contribution in [0.5, 0.6) is 5.88 Å². The molecule has 0 saturated carbocycles. The number of carbonyl (C=O) groups is 1. The number of nitrogens with zero attached hydrogens (tertiary/aromatic N) is 3. The second-order valence-corrected chi connectivity index (χ2v) is 6.57. The Hall–Kier alpha value is -2.28. The summed E-state index contributed by atoms with van der Waals surface area (Å²) in [6, 6.07) is 4.56. The number of hydrogen-bond acceptors (Lipinski definition) is 3. The van der Waals surface area contributed by atoms with Crippen LogP contribution in [0.25, 0.3) is 0 Å². The lowest BCUT2D eigenvalue weighted by molar-refractivity contribution is 0.0863. The Morgan fingerprint density at radius 1 is 1.44 bits per heavy atom. The molecule has 0 unspecified atom stereocenters. The lowest BCUT2D eigenvalue weighted by Crippen LogP contribution is -2.41. The molecule has 0 bridgehead atoms. The highest BCUT2D eigenvalue weighted by molar-refractivity contribution is 6.30. The molecular weight excluding hydrogens is 349 g/mol. The summed E-state index contributed by atoms with van der Waals surface area (Å²) in [6.45, 7) is 3.07. The fraction of sp³-hybridized carbons (Fsp3) is 0.412. The number of hydrogen-bond donors (Lipinski definition) is 1. The minimum atomic E-state index is -0.899. The molecule has 1 aliphatic heterocycles. The molecule has 0 spiro atoms. The molecule has 0 aliphatic carbocycles. The van der Waals surface area contributed by atoms with Crippen LogP contribution >= 0.6 is 11.6 Å². The lowest BCUT2D eigenvalue weighted by atomic mass is 10.1. The summed E-state index contributed by atoms with van der Waals surface area (Å²) >= 11 is 5.76. The Bertz CT molecular complexity index is 772. The van der Waals surface area contributed by atoms with E-state index in [0.717, 1.165) is 5.56 Å². The number of aromatic nitrogens is 2. The summed E-state index contributed by atoms with van der Waals surface area (Å²) in [7, 11) is 0. The average molecular weight is 368 g/mol. The van der Waals surface area contributed by atoms with Crippen molar-refractivity contribution in [3.05, 3.63) is 46.4 Å². The van der Waals surface area contributed by atoms with Gasteiger partial charge in [-0.2, -0.15) is 0 Å². The van der Waals surface area contributed by atoms with Gasteiger partial charge in [0.25, 0.3) is 0 Å². The number of aryl methyl sites for hydroxylation is 1. The number of carboxylic acid groups (broad SMARTS) is 1. The number of benzene rings is 1. The molecule has 0 radical (unpaired) electrons. The third kappa shape index (κ3) is 4.22. The van der Waals surface area contributed by atoms with E-state index in [0.29, 0.717) is 42.4 Å². The molecule has 3 rings (SSSR count). The van der Waals surface area contributed by atoms with Crippen molar-refractivity contribution in [3.8, 4) is 5.88 Å². The molecule has 1 aromatic carbocycles. The van der Waals surface area contributed by atoms with E-state index >= 15 is 0 Å². The minimum absolute atomic E-state index is 0.0649. The quantitative estimate of drug-likeness (QED) is 0.897. The number of ether oxygens (including phenoxy) is 1. The highest BCUT2D eigenvalue weighted by atomic mass is 35.5. The van der Waals surface area contributed by atoms with Gasteiger partial charge in [-0.3, -0.25) is 4.68 Å². The molecular formula is C17H19ClFN3O3. The predicted octanol–water partition coefficient (Wildman–Crippen LogP) is 3.55. The first-order valence-electron chi connectivity index (χ1n) is 8.05. The topological polar surface area (TPSA) is 67.6 Å². The van der Waals surface area contributed by atoms with Gasteiger partial charge in [-0.25, -0.2) is 9.18 Å². The van der Waals surface area contributed by atoms with Gasteiger partial charge in [0.05, 0.1) is 6.54 Å². The summed E-state index contributed by atoms with van der Waals surface area (Å²) in [5.74, 6) is 0.132. The Morgan fingerprint density at radius 2 is 2.16 bits per heavy atom. The van der Waals surface area contributed by atoms with E-state index in [1.807, 2.05) is 6.92 Å². The van der Waals surface area contributed by atoms with Gasteiger partial charge in [-0.15, -0.1) is 5.10 Å². The van der Waals surface area contributed by atoms with Crippen LogP contribution in [-0.2, 0) is 6.54 Å². The van der Waals surface area contributed by atoms with Crippen molar-refractivity contribution in [3.63, 3.8) is 0 Å². The SMILES string of the molecule is Cc1cn(Cc2ccc(Cl)cc2F)nc1OC1CCN(C(=O)O)CC1. The van der Waals surface area contributed by atoms with Crippen molar-refractivity contribution in [1.29, 1.82) is 0 Å². The standard InChI is InChI=1S/C17H19ClFN3O3/c1-11-9-22(10-12-2-3-13(18)8-15(12)19)20-16(11)25-14-4-6-21(7-5-14)17(23)24/h2-3,8-9,14H,4-7,10H2,1H3,(H,23,24). The lowest BCUT2D eigenvalue weighted by Gasteiger charge is -2.29. The van der Waals surface area contributed by atoms with Crippen molar-refractivity contribution in [2.45, 2.75) is 32.4 Å². The van der Waals surface area contributed by atoms with Gasteiger partial charge < -0.3 is 14.7 Å². The predicted molar refractivity (Wildman–Crippen MR) is 90.7 cm³/mol. The first-order chi connectivity index (χ1) is 11.9. The molecule has 8 heteroatoms. The van der Waals surface area contributed by atoms with E-state index in [4.69, 9.17) is 21.4 Å². The highest BCUT2D eigenvalue weighted by Gasteiger charge is 2.24. The average Bonchev–Trinajstić information content (AvgIpc) is 2.90. The molecule has 2 aromatic rings. The zero-order valence-electron chi connectivity index (χ0n) is 13.8. The second kappa shape index (κ2) is 7.31. The molecule has 1 amide bonds. The highest BCUT2D eigenvalue weighted by Crippen LogP contribution is 2.22. The van der Waals surface area contributed by atoms with E-state index in [1.54, 1.807) is 23.0 Å². The minimum Gasteiger partial charge on any atom is -0.473 e. The third-order valence-corrected chi connectivity index (χ3v) is 4.47. The number of piperidine rings is 1. The molecule has 1 saturated heterocycles. The molecule has 1 aromatic heterocycles. The molecule has 1 fully saturated rings. The second-order valence-electron chi connectivity index (χ2n) is 6.14. The molecule has 1 aliphatic rings. The number of halogens is 2. The summed E-state index contributed by atoms with van der Waals surface area (Å²) in [4.78, 5) is 12.3. The van der Waals surface area contributed by atoms with Crippen molar-refractivity contribution in [1.82, 2.24) is 14.7 Å². The van der Waals surface area contributed by atoms with Crippen LogP contribution in [0.1, 0.15) is 24.0 Å². The maximum absolute atomic E-state index is 13.9. The van der Waals surface area contributed by atoms with Crippen LogP contribution in [0.3, 0.4) is 0 Å². The van der Waals surface area contributed by atoms with Crippen LogP contribution in [0.2, 0.25) is 5.02 Å². The monoisotopic (exact) mass is 367 g/mol. The largest absolute Gasteiger partial charge is 0.473 e. The first-order valence-corrected chi connectivity index (χ1v) is 8.42. The molecule has 2 heterocycles. The number of rotatable bonds is 4. The summed E-state index contributed by atoms with van der Waals surface area (Å²) < 4.78 is 21.5. The first kappa shape index (κ1) is 17.5. The van der Waals surface area contributed by atoms with Gasteiger partial charge >= 0.3 is 6.09 Å². The van der Waals surface area contributed by atoms with Gasteiger partial charge in [0.15, 0.2) is 0 Å².